The Hall–Kier alpha value is -2.68. The molecular weight excluding hydrogens is 443 g/mol. The van der Waals surface area contributed by atoms with Gasteiger partial charge in [-0.3, -0.25) is 9.59 Å². The summed E-state index contributed by atoms with van der Waals surface area (Å²) >= 11 is 0. The molecular formula is C27H37BN2O5. The molecule has 0 radical (unpaired) electrons. The van der Waals surface area contributed by atoms with Crippen LogP contribution >= 0.6 is 0 Å². The molecule has 1 heterocycles. The standard InChI is InChI=1S/C27H37BN2O5/c1-26(2)27(3,4)35-28(34-26)23(17-11-14-19-12-7-6-8-13-19)30-25(32)22(18-33-5)20-15-9-10-16-21(20)24(29)31/h6-10,12-13,15-16,22-23H,11,14,17-18H2,1-5H3,(H2,29,31)(H,30,32)/t22-,23-/m0/s1. The highest BCUT2D eigenvalue weighted by molar-refractivity contribution is 6.48. The van der Waals surface area contributed by atoms with Crippen LogP contribution in [0.2, 0.25) is 0 Å². The fraction of sp³-hybridized carbons (Fsp3) is 0.481. The van der Waals surface area contributed by atoms with Crippen LogP contribution in [-0.4, -0.2) is 49.8 Å². The Balaban J connectivity index is 1.82. The van der Waals surface area contributed by atoms with Gasteiger partial charge in [0.1, 0.15) is 0 Å². The summed E-state index contributed by atoms with van der Waals surface area (Å²) in [6.45, 7) is 8.08. The van der Waals surface area contributed by atoms with Gasteiger partial charge < -0.3 is 25.1 Å². The molecule has 188 valence electrons. The van der Waals surface area contributed by atoms with Gasteiger partial charge in [-0.25, -0.2) is 0 Å². The Bertz CT molecular complexity index is 996. The Morgan fingerprint density at radius 2 is 1.60 bits per heavy atom. The van der Waals surface area contributed by atoms with Gasteiger partial charge in [0.25, 0.3) is 0 Å². The third kappa shape index (κ3) is 6.51. The van der Waals surface area contributed by atoms with Crippen molar-refractivity contribution in [3.63, 3.8) is 0 Å². The van der Waals surface area contributed by atoms with E-state index in [2.05, 4.69) is 17.4 Å². The topological polar surface area (TPSA) is 99.9 Å². The summed E-state index contributed by atoms with van der Waals surface area (Å²) in [6.07, 6.45) is 2.37. The van der Waals surface area contributed by atoms with Gasteiger partial charge in [-0.1, -0.05) is 48.5 Å². The normalized spacial score (nSPS) is 18.1. The molecule has 2 aromatic carbocycles. The highest BCUT2D eigenvalue weighted by Crippen LogP contribution is 2.38. The number of primary amides is 1. The number of aryl methyl sites for hydroxylation is 1. The van der Waals surface area contributed by atoms with Crippen molar-refractivity contribution in [2.75, 3.05) is 13.7 Å². The zero-order chi connectivity index (χ0) is 25.6. The molecule has 0 unspecified atom stereocenters. The zero-order valence-electron chi connectivity index (χ0n) is 21.4. The summed E-state index contributed by atoms with van der Waals surface area (Å²) in [5.74, 6) is -1.94. The summed E-state index contributed by atoms with van der Waals surface area (Å²) in [5, 5.41) is 3.15. The third-order valence-electron chi connectivity index (χ3n) is 7.00. The molecule has 1 aliphatic rings. The molecule has 1 fully saturated rings. The number of amides is 2. The number of rotatable bonds is 11. The van der Waals surface area contributed by atoms with Crippen LogP contribution in [0.4, 0.5) is 0 Å². The lowest BCUT2D eigenvalue weighted by atomic mass is 9.74. The maximum Gasteiger partial charge on any atom is 0.481 e. The van der Waals surface area contributed by atoms with E-state index in [0.29, 0.717) is 17.5 Å². The van der Waals surface area contributed by atoms with Crippen molar-refractivity contribution in [3.05, 3.63) is 71.3 Å². The molecule has 0 saturated carbocycles. The first-order valence-corrected chi connectivity index (χ1v) is 12.1. The summed E-state index contributed by atoms with van der Waals surface area (Å²) in [7, 11) is 0.924. The van der Waals surface area contributed by atoms with E-state index in [4.69, 9.17) is 19.8 Å². The number of nitrogens with two attached hydrogens (primary N) is 1. The lowest BCUT2D eigenvalue weighted by Gasteiger charge is -2.32. The molecule has 1 aliphatic heterocycles. The summed E-state index contributed by atoms with van der Waals surface area (Å²) in [5.41, 5.74) is 6.61. The quantitative estimate of drug-likeness (QED) is 0.479. The van der Waals surface area contributed by atoms with Crippen molar-refractivity contribution in [2.24, 2.45) is 5.73 Å². The number of nitrogens with one attached hydrogen (secondary N) is 1. The van der Waals surface area contributed by atoms with E-state index in [9.17, 15) is 9.59 Å². The minimum absolute atomic E-state index is 0.107. The maximum absolute atomic E-state index is 13.6. The predicted octanol–water partition coefficient (Wildman–Crippen LogP) is 3.65. The average molecular weight is 480 g/mol. The van der Waals surface area contributed by atoms with E-state index in [1.165, 1.54) is 12.7 Å². The van der Waals surface area contributed by atoms with E-state index in [1.54, 1.807) is 24.3 Å². The largest absolute Gasteiger partial charge is 0.481 e. The van der Waals surface area contributed by atoms with Gasteiger partial charge in [0, 0.05) is 12.7 Å². The first-order valence-electron chi connectivity index (χ1n) is 12.1. The monoisotopic (exact) mass is 480 g/mol. The molecule has 0 aliphatic carbocycles. The van der Waals surface area contributed by atoms with E-state index >= 15 is 0 Å². The Kier molecular flexibility index (Phi) is 8.75. The van der Waals surface area contributed by atoms with Crippen molar-refractivity contribution >= 4 is 18.9 Å². The number of hydrogen-bond donors (Lipinski definition) is 2. The van der Waals surface area contributed by atoms with E-state index in [0.717, 1.165) is 12.8 Å². The molecule has 2 amide bonds. The Morgan fingerprint density at radius 3 is 2.20 bits per heavy atom. The van der Waals surface area contributed by atoms with Crippen molar-refractivity contribution < 1.29 is 23.6 Å². The molecule has 8 heteroatoms. The molecule has 1 saturated heterocycles. The molecule has 3 N–H and O–H groups in total. The van der Waals surface area contributed by atoms with Crippen molar-refractivity contribution in [1.29, 1.82) is 0 Å². The van der Waals surface area contributed by atoms with Crippen molar-refractivity contribution in [3.8, 4) is 0 Å². The number of carbonyl (C=O) groups excluding carboxylic acids is 2. The highest BCUT2D eigenvalue weighted by atomic mass is 16.7. The first kappa shape index (κ1) is 26.9. The van der Waals surface area contributed by atoms with Crippen LogP contribution in [0.1, 0.15) is 67.9 Å². The van der Waals surface area contributed by atoms with Crippen LogP contribution in [0.25, 0.3) is 0 Å². The Labute approximate surface area is 208 Å². The smallest absolute Gasteiger partial charge is 0.402 e. The highest BCUT2D eigenvalue weighted by Gasteiger charge is 2.54. The number of benzene rings is 2. The molecule has 2 atom stereocenters. The van der Waals surface area contributed by atoms with Gasteiger partial charge in [0.05, 0.1) is 29.7 Å². The van der Waals surface area contributed by atoms with E-state index in [-0.39, 0.29) is 18.5 Å². The maximum atomic E-state index is 13.6. The van der Waals surface area contributed by atoms with Crippen molar-refractivity contribution in [2.45, 2.75) is 70.0 Å². The van der Waals surface area contributed by atoms with Crippen LogP contribution in [0.5, 0.6) is 0 Å². The number of hydrogen-bond acceptors (Lipinski definition) is 5. The molecule has 3 rings (SSSR count). The summed E-state index contributed by atoms with van der Waals surface area (Å²) in [4.78, 5) is 25.6. The molecule has 7 nitrogen and oxygen atoms in total. The summed E-state index contributed by atoms with van der Waals surface area (Å²) < 4.78 is 17.9. The van der Waals surface area contributed by atoms with Gasteiger partial charge in [0.2, 0.25) is 11.8 Å². The van der Waals surface area contributed by atoms with Gasteiger partial charge in [-0.2, -0.15) is 0 Å². The lowest BCUT2D eigenvalue weighted by Crippen LogP contribution is -2.50. The average Bonchev–Trinajstić information content (AvgIpc) is 3.04. The van der Waals surface area contributed by atoms with Crippen molar-refractivity contribution in [1.82, 2.24) is 5.32 Å². The molecule has 0 spiro atoms. The second kappa shape index (κ2) is 11.4. The fourth-order valence-electron chi connectivity index (χ4n) is 4.28. The second-order valence-corrected chi connectivity index (χ2v) is 10.1. The zero-order valence-corrected chi connectivity index (χ0v) is 21.4. The van der Waals surface area contributed by atoms with E-state index < -0.39 is 30.1 Å². The molecule has 0 bridgehead atoms. The van der Waals surface area contributed by atoms with Crippen LogP contribution in [-0.2, 0) is 25.3 Å². The van der Waals surface area contributed by atoms with Crippen LogP contribution < -0.4 is 11.1 Å². The second-order valence-electron chi connectivity index (χ2n) is 10.1. The van der Waals surface area contributed by atoms with E-state index in [1.807, 2.05) is 45.9 Å². The van der Waals surface area contributed by atoms with Crippen LogP contribution in [0.15, 0.2) is 54.6 Å². The Morgan fingerprint density at radius 1 is 1.00 bits per heavy atom. The minimum atomic E-state index is -0.706. The van der Waals surface area contributed by atoms with Crippen LogP contribution in [0.3, 0.4) is 0 Å². The lowest BCUT2D eigenvalue weighted by molar-refractivity contribution is -0.124. The van der Waals surface area contributed by atoms with Gasteiger partial charge >= 0.3 is 7.12 Å². The van der Waals surface area contributed by atoms with Gasteiger partial charge in [-0.15, -0.1) is 0 Å². The molecule has 2 aromatic rings. The predicted molar refractivity (Wildman–Crippen MR) is 137 cm³/mol. The summed E-state index contributed by atoms with van der Waals surface area (Å²) in [6, 6.07) is 17.1. The molecule has 0 aromatic heterocycles. The SMILES string of the molecule is COC[C@H](C(=O)N[C@@H](CCCc1ccccc1)B1OC(C)(C)C(C)(C)O1)c1ccccc1C(N)=O. The number of ether oxygens (including phenoxy) is 1. The number of methoxy groups -OCH3 is 1. The van der Waals surface area contributed by atoms with Gasteiger partial charge in [-0.05, 0) is 64.2 Å². The fourth-order valence-corrected chi connectivity index (χ4v) is 4.28. The number of carbonyl (C=O) groups is 2. The molecule has 35 heavy (non-hydrogen) atoms. The third-order valence-corrected chi connectivity index (χ3v) is 7.00. The first-order chi connectivity index (χ1) is 16.6. The van der Waals surface area contributed by atoms with Gasteiger partial charge in [0.15, 0.2) is 0 Å². The van der Waals surface area contributed by atoms with Crippen LogP contribution in [0, 0.1) is 0 Å². The minimum Gasteiger partial charge on any atom is -0.402 e.